The molecule has 0 aromatic carbocycles. The summed E-state index contributed by atoms with van der Waals surface area (Å²) < 4.78 is 4.25. The van der Waals surface area contributed by atoms with Crippen LogP contribution in [0.3, 0.4) is 0 Å². The van der Waals surface area contributed by atoms with Gasteiger partial charge in [0.15, 0.2) is 0 Å². The van der Waals surface area contributed by atoms with Gasteiger partial charge >= 0.3 is 0 Å². The predicted molar refractivity (Wildman–Crippen MR) is 53.0 cm³/mol. The van der Waals surface area contributed by atoms with E-state index in [2.05, 4.69) is 34.0 Å². The number of aryl methyl sites for hydroxylation is 1. The van der Waals surface area contributed by atoms with Gasteiger partial charge in [0, 0.05) is 6.42 Å². The van der Waals surface area contributed by atoms with Crippen LogP contribution in [0.5, 0.6) is 0 Å². The van der Waals surface area contributed by atoms with E-state index in [0.717, 1.165) is 18.8 Å². The molecule has 0 atom stereocenters. The molecule has 3 nitrogen and oxygen atoms in total. The van der Waals surface area contributed by atoms with Crippen molar-refractivity contribution in [1.29, 1.82) is 5.26 Å². The first kappa shape index (κ1) is 10.1. The van der Waals surface area contributed by atoms with Gasteiger partial charge < -0.3 is 0 Å². The van der Waals surface area contributed by atoms with Gasteiger partial charge in [-0.2, -0.15) is 5.26 Å². The molecule has 0 fully saturated rings. The van der Waals surface area contributed by atoms with Crippen molar-refractivity contribution >= 4 is 11.8 Å². The molecule has 0 saturated carbocycles. The van der Waals surface area contributed by atoms with Crippen molar-refractivity contribution in [3.63, 3.8) is 0 Å². The van der Waals surface area contributed by atoms with Gasteiger partial charge in [-0.15, -0.1) is 11.8 Å². The SMILES string of the molecule is CSC[n+]1ccn(CCCC#N)c1. The summed E-state index contributed by atoms with van der Waals surface area (Å²) in [4.78, 5) is 0. The van der Waals surface area contributed by atoms with Crippen molar-refractivity contribution < 1.29 is 4.57 Å². The quantitative estimate of drug-likeness (QED) is 0.527. The van der Waals surface area contributed by atoms with Crippen molar-refractivity contribution in [2.24, 2.45) is 0 Å². The minimum atomic E-state index is 0.640. The Kier molecular flexibility index (Phi) is 4.41. The van der Waals surface area contributed by atoms with Crippen LogP contribution in [0, 0.1) is 11.3 Å². The maximum Gasteiger partial charge on any atom is 0.244 e. The molecule has 0 aliphatic rings. The standard InChI is InChI=1S/C9H14N3S/c1-13-9-12-7-6-11(8-12)5-3-2-4-10/h6-8H,2-3,5,9H2,1H3/q+1. The Morgan fingerprint density at radius 3 is 3.15 bits per heavy atom. The molecule has 0 amide bonds. The highest BCUT2D eigenvalue weighted by Crippen LogP contribution is 1.95. The highest BCUT2D eigenvalue weighted by atomic mass is 32.2. The number of nitrogens with zero attached hydrogens (tertiary/aromatic N) is 3. The van der Waals surface area contributed by atoms with Crippen molar-refractivity contribution in [2.75, 3.05) is 6.26 Å². The van der Waals surface area contributed by atoms with E-state index in [0.29, 0.717) is 6.42 Å². The molecule has 0 saturated heterocycles. The summed E-state index contributed by atoms with van der Waals surface area (Å²) >= 11 is 1.79. The van der Waals surface area contributed by atoms with Crippen molar-refractivity contribution in [3.8, 4) is 6.07 Å². The minimum Gasteiger partial charge on any atom is -0.237 e. The lowest BCUT2D eigenvalue weighted by Gasteiger charge is -1.91. The molecule has 0 aliphatic carbocycles. The average molecular weight is 196 g/mol. The lowest BCUT2D eigenvalue weighted by atomic mass is 10.3. The minimum absolute atomic E-state index is 0.640. The van der Waals surface area contributed by atoms with Crippen LogP contribution < -0.4 is 4.57 Å². The normalized spacial score (nSPS) is 9.85. The molecule has 0 aliphatic heterocycles. The molecule has 0 N–H and O–H groups in total. The zero-order valence-electron chi connectivity index (χ0n) is 7.81. The first-order chi connectivity index (χ1) is 6.36. The molecule has 13 heavy (non-hydrogen) atoms. The first-order valence-electron chi connectivity index (χ1n) is 4.27. The third-order valence-corrected chi connectivity index (χ3v) is 2.29. The van der Waals surface area contributed by atoms with Gasteiger partial charge in [0.25, 0.3) is 0 Å². The third kappa shape index (κ3) is 3.51. The Hall–Kier alpha value is -0.950. The van der Waals surface area contributed by atoms with E-state index < -0.39 is 0 Å². The molecule has 0 spiro atoms. The zero-order valence-corrected chi connectivity index (χ0v) is 8.63. The summed E-state index contributed by atoms with van der Waals surface area (Å²) in [5, 5.41) is 8.37. The van der Waals surface area contributed by atoms with Gasteiger partial charge in [-0.05, 0) is 12.7 Å². The molecule has 70 valence electrons. The fourth-order valence-corrected chi connectivity index (χ4v) is 1.59. The number of hydrogen-bond acceptors (Lipinski definition) is 2. The number of aromatic nitrogens is 2. The lowest BCUT2D eigenvalue weighted by Crippen LogP contribution is -2.28. The smallest absolute Gasteiger partial charge is 0.237 e. The molecule has 0 radical (unpaired) electrons. The Balaban J connectivity index is 2.36. The average Bonchev–Trinajstić information content (AvgIpc) is 2.54. The van der Waals surface area contributed by atoms with Crippen LogP contribution in [0.25, 0.3) is 0 Å². The molecule has 1 aromatic heterocycles. The number of unbranched alkanes of at least 4 members (excludes halogenated alkanes) is 1. The summed E-state index contributed by atoms with van der Waals surface area (Å²) in [5.74, 6) is 0.991. The Morgan fingerprint density at radius 2 is 2.46 bits per heavy atom. The van der Waals surface area contributed by atoms with Crippen molar-refractivity contribution in [3.05, 3.63) is 18.7 Å². The molecule has 1 heterocycles. The summed E-state index contributed by atoms with van der Waals surface area (Å²) in [6.07, 6.45) is 9.84. The van der Waals surface area contributed by atoms with E-state index in [1.54, 1.807) is 11.8 Å². The molecule has 0 bridgehead atoms. The Labute approximate surface area is 83.0 Å². The third-order valence-electron chi connectivity index (χ3n) is 1.73. The van der Waals surface area contributed by atoms with Crippen LogP contribution in [0.4, 0.5) is 0 Å². The molecular formula is C9H14N3S+. The summed E-state index contributed by atoms with van der Waals surface area (Å²) in [6.45, 7) is 0.939. The van der Waals surface area contributed by atoms with Gasteiger partial charge in [0.2, 0.25) is 6.33 Å². The number of nitriles is 1. The highest BCUT2D eigenvalue weighted by molar-refractivity contribution is 7.97. The fraction of sp³-hybridized carbons (Fsp3) is 0.556. The summed E-state index contributed by atoms with van der Waals surface area (Å²) in [5.41, 5.74) is 0. The molecule has 0 unspecified atom stereocenters. The van der Waals surface area contributed by atoms with Crippen LogP contribution in [-0.4, -0.2) is 10.8 Å². The van der Waals surface area contributed by atoms with Gasteiger partial charge in [0.1, 0.15) is 18.3 Å². The van der Waals surface area contributed by atoms with Crippen molar-refractivity contribution in [1.82, 2.24) is 4.57 Å². The van der Waals surface area contributed by atoms with Gasteiger partial charge in [-0.25, -0.2) is 9.13 Å². The highest BCUT2D eigenvalue weighted by Gasteiger charge is 2.01. The van der Waals surface area contributed by atoms with E-state index in [1.807, 2.05) is 6.20 Å². The second kappa shape index (κ2) is 5.65. The Bertz CT molecular complexity index is 287. The van der Waals surface area contributed by atoms with E-state index in [9.17, 15) is 0 Å². The van der Waals surface area contributed by atoms with Gasteiger partial charge in [-0.3, -0.25) is 0 Å². The van der Waals surface area contributed by atoms with Gasteiger partial charge in [-0.1, -0.05) is 0 Å². The lowest BCUT2D eigenvalue weighted by molar-refractivity contribution is -0.675. The van der Waals surface area contributed by atoms with Crippen LogP contribution in [0.2, 0.25) is 0 Å². The van der Waals surface area contributed by atoms with E-state index in [4.69, 9.17) is 5.26 Å². The molecule has 1 rings (SSSR count). The largest absolute Gasteiger partial charge is 0.244 e. The second-order valence-electron chi connectivity index (χ2n) is 2.85. The van der Waals surface area contributed by atoms with Crippen LogP contribution in [-0.2, 0) is 12.4 Å². The monoisotopic (exact) mass is 196 g/mol. The predicted octanol–water partition coefficient (Wildman–Crippen LogP) is 1.40. The maximum atomic E-state index is 8.37. The number of hydrogen-bond donors (Lipinski definition) is 0. The van der Waals surface area contributed by atoms with Crippen molar-refractivity contribution in [2.45, 2.75) is 25.3 Å². The summed E-state index contributed by atoms with van der Waals surface area (Å²) in [7, 11) is 0. The van der Waals surface area contributed by atoms with E-state index in [-0.39, 0.29) is 0 Å². The Morgan fingerprint density at radius 1 is 1.62 bits per heavy atom. The number of thioether (sulfide) groups is 1. The van der Waals surface area contributed by atoms with Crippen LogP contribution in [0.1, 0.15) is 12.8 Å². The molecule has 1 aromatic rings. The van der Waals surface area contributed by atoms with E-state index >= 15 is 0 Å². The fourth-order valence-electron chi connectivity index (χ4n) is 1.14. The first-order valence-corrected chi connectivity index (χ1v) is 5.67. The van der Waals surface area contributed by atoms with E-state index in [1.165, 1.54) is 0 Å². The van der Waals surface area contributed by atoms with Crippen LogP contribution >= 0.6 is 11.8 Å². The maximum absolute atomic E-state index is 8.37. The summed E-state index contributed by atoms with van der Waals surface area (Å²) in [6, 6.07) is 2.15. The molecule has 4 heteroatoms. The zero-order chi connectivity index (χ0) is 9.52. The second-order valence-corrected chi connectivity index (χ2v) is 3.68. The topological polar surface area (TPSA) is 32.6 Å². The molecular weight excluding hydrogens is 182 g/mol. The van der Waals surface area contributed by atoms with Gasteiger partial charge in [0.05, 0.1) is 12.6 Å². The number of rotatable bonds is 5. The van der Waals surface area contributed by atoms with Crippen LogP contribution in [0.15, 0.2) is 18.7 Å². The number of imidazole rings is 1.